The Kier molecular flexibility index (Phi) is 6.15. The van der Waals surface area contributed by atoms with Crippen molar-refractivity contribution in [1.82, 2.24) is 9.13 Å². The van der Waals surface area contributed by atoms with Crippen molar-refractivity contribution < 1.29 is 9.53 Å². The van der Waals surface area contributed by atoms with Gasteiger partial charge in [0.1, 0.15) is 6.04 Å². The maximum Gasteiger partial charge on any atom is 0.331 e. The molecule has 1 atom stereocenters. The number of carbonyl (C=O) groups excluding carboxylic acids is 1. The van der Waals surface area contributed by atoms with Crippen LogP contribution in [0, 0.1) is 6.92 Å². The lowest BCUT2D eigenvalue weighted by molar-refractivity contribution is -0.142. The molecule has 1 aromatic carbocycles. The number of methoxy groups -OCH3 is 1. The molecule has 0 aliphatic carbocycles. The molecule has 140 valence electrons. The van der Waals surface area contributed by atoms with E-state index < -0.39 is 12.0 Å². The summed E-state index contributed by atoms with van der Waals surface area (Å²) in [6.07, 6.45) is 0.347. The second-order valence-corrected chi connectivity index (χ2v) is 6.07. The third kappa shape index (κ3) is 3.62. The van der Waals surface area contributed by atoms with Gasteiger partial charge in [-0.1, -0.05) is 24.3 Å². The minimum atomic E-state index is -0.730. The van der Waals surface area contributed by atoms with Crippen LogP contribution in [-0.4, -0.2) is 28.3 Å². The van der Waals surface area contributed by atoms with E-state index in [2.05, 4.69) is 4.74 Å². The number of nitrogens with two attached hydrogens (primary N) is 1. The van der Waals surface area contributed by atoms with Crippen LogP contribution in [0.25, 0.3) is 11.1 Å². The van der Waals surface area contributed by atoms with Gasteiger partial charge in [0.25, 0.3) is 5.56 Å². The molecule has 26 heavy (non-hydrogen) atoms. The van der Waals surface area contributed by atoms with Crippen molar-refractivity contribution in [2.75, 3.05) is 7.11 Å². The third-order valence-corrected chi connectivity index (χ3v) is 4.52. The summed E-state index contributed by atoms with van der Waals surface area (Å²) >= 11 is 0. The summed E-state index contributed by atoms with van der Waals surface area (Å²) in [7, 11) is 1.30. The summed E-state index contributed by atoms with van der Waals surface area (Å²) in [5.74, 6) is -0.467. The minimum absolute atomic E-state index is 0.290. The zero-order valence-corrected chi connectivity index (χ0v) is 15.6. The van der Waals surface area contributed by atoms with E-state index in [-0.39, 0.29) is 11.2 Å². The van der Waals surface area contributed by atoms with E-state index in [1.165, 1.54) is 11.7 Å². The summed E-state index contributed by atoms with van der Waals surface area (Å²) in [6, 6.07) is 6.55. The first-order chi connectivity index (χ1) is 12.3. The fourth-order valence-electron chi connectivity index (χ4n) is 3.08. The number of hydrogen-bond acceptors (Lipinski definition) is 5. The third-order valence-electron chi connectivity index (χ3n) is 4.52. The molecule has 7 heteroatoms. The maximum atomic E-state index is 12.8. The van der Waals surface area contributed by atoms with Crippen molar-refractivity contribution in [2.45, 2.75) is 46.3 Å². The molecule has 0 amide bonds. The average Bonchev–Trinajstić information content (AvgIpc) is 2.63. The zero-order valence-electron chi connectivity index (χ0n) is 15.6. The Bertz CT molecular complexity index is 910. The van der Waals surface area contributed by atoms with Gasteiger partial charge in [-0.25, -0.2) is 4.79 Å². The highest BCUT2D eigenvalue weighted by Crippen LogP contribution is 2.20. The number of carbonyl (C=O) groups is 1. The van der Waals surface area contributed by atoms with Gasteiger partial charge in [-0.15, -0.1) is 0 Å². The predicted octanol–water partition coefficient (Wildman–Crippen LogP) is 1.07. The number of hydrogen-bond donors (Lipinski definition) is 1. The molecule has 1 unspecified atom stereocenters. The Hall–Kier alpha value is -2.67. The van der Waals surface area contributed by atoms with Crippen molar-refractivity contribution >= 4 is 5.97 Å². The van der Waals surface area contributed by atoms with Crippen LogP contribution < -0.4 is 17.0 Å². The van der Waals surface area contributed by atoms with Crippen molar-refractivity contribution in [2.24, 2.45) is 5.73 Å². The normalized spacial score (nSPS) is 12.0. The Balaban J connectivity index is 2.48. The molecular formula is C19H25N3O4. The first kappa shape index (κ1) is 19.7. The molecule has 0 aliphatic rings. The van der Waals surface area contributed by atoms with E-state index in [1.54, 1.807) is 18.4 Å². The molecule has 0 saturated heterocycles. The van der Waals surface area contributed by atoms with Gasteiger partial charge in [-0.2, -0.15) is 0 Å². The van der Waals surface area contributed by atoms with E-state index in [4.69, 9.17) is 5.73 Å². The summed E-state index contributed by atoms with van der Waals surface area (Å²) < 4.78 is 7.47. The summed E-state index contributed by atoms with van der Waals surface area (Å²) in [5.41, 5.74) is 7.95. The highest BCUT2D eigenvalue weighted by Gasteiger charge is 2.17. The molecule has 0 aliphatic heterocycles. The molecule has 0 radical (unpaired) electrons. The smallest absolute Gasteiger partial charge is 0.331 e. The Morgan fingerprint density at radius 2 is 1.69 bits per heavy atom. The van der Waals surface area contributed by atoms with Crippen molar-refractivity contribution in [3.63, 3.8) is 0 Å². The van der Waals surface area contributed by atoms with Gasteiger partial charge in [-0.05, 0) is 38.3 Å². The highest BCUT2D eigenvalue weighted by atomic mass is 16.5. The van der Waals surface area contributed by atoms with Crippen LogP contribution in [0.4, 0.5) is 0 Å². The fourth-order valence-corrected chi connectivity index (χ4v) is 3.08. The minimum Gasteiger partial charge on any atom is -0.468 e. The van der Waals surface area contributed by atoms with Crippen LogP contribution in [0.5, 0.6) is 0 Å². The van der Waals surface area contributed by atoms with E-state index >= 15 is 0 Å². The second-order valence-electron chi connectivity index (χ2n) is 6.07. The van der Waals surface area contributed by atoms with Crippen molar-refractivity contribution in [3.8, 4) is 11.1 Å². The lowest BCUT2D eigenvalue weighted by Crippen LogP contribution is -2.41. The topological polar surface area (TPSA) is 96.3 Å². The standard InChI is InChI=1S/C19H25N3O4/c1-5-21-12(3)16(17(23)22(6-2)19(21)25)14-9-7-13(8-10-14)11-15(20)18(24)26-4/h7-10,15H,5-6,11,20H2,1-4H3. The molecule has 2 N–H and O–H groups in total. The Morgan fingerprint density at radius 3 is 2.19 bits per heavy atom. The number of ether oxygens (including phenoxy) is 1. The fraction of sp³-hybridized carbons (Fsp3) is 0.421. The predicted molar refractivity (Wildman–Crippen MR) is 100 cm³/mol. The van der Waals surface area contributed by atoms with Crippen molar-refractivity contribution in [1.29, 1.82) is 0 Å². The van der Waals surface area contributed by atoms with Gasteiger partial charge in [0.05, 0.1) is 12.7 Å². The molecule has 0 bridgehead atoms. The van der Waals surface area contributed by atoms with Crippen LogP contribution in [0.2, 0.25) is 0 Å². The lowest BCUT2D eigenvalue weighted by atomic mass is 10.0. The summed E-state index contributed by atoms with van der Waals surface area (Å²) in [6.45, 7) is 6.24. The second kappa shape index (κ2) is 8.14. The van der Waals surface area contributed by atoms with Gasteiger partial charge < -0.3 is 10.5 Å². The number of benzene rings is 1. The van der Waals surface area contributed by atoms with Crippen LogP contribution in [-0.2, 0) is 29.0 Å². The SMILES string of the molecule is CCn1c(C)c(-c2ccc(CC(N)C(=O)OC)cc2)c(=O)n(CC)c1=O. The van der Waals surface area contributed by atoms with Crippen LogP contribution in [0.3, 0.4) is 0 Å². The molecule has 1 aromatic heterocycles. The van der Waals surface area contributed by atoms with Crippen LogP contribution in [0.1, 0.15) is 25.1 Å². The molecule has 0 fully saturated rings. The molecule has 0 saturated carbocycles. The van der Waals surface area contributed by atoms with E-state index in [9.17, 15) is 14.4 Å². The molecule has 2 aromatic rings. The van der Waals surface area contributed by atoms with Crippen molar-refractivity contribution in [3.05, 3.63) is 56.4 Å². The first-order valence-corrected chi connectivity index (χ1v) is 8.62. The summed E-state index contributed by atoms with van der Waals surface area (Å²) in [4.78, 5) is 36.6. The first-order valence-electron chi connectivity index (χ1n) is 8.62. The van der Waals surface area contributed by atoms with Gasteiger partial charge in [0.2, 0.25) is 0 Å². The Morgan fingerprint density at radius 1 is 1.12 bits per heavy atom. The number of aromatic nitrogens is 2. The molecular weight excluding hydrogens is 334 g/mol. The molecule has 2 rings (SSSR count). The quantitative estimate of drug-likeness (QED) is 0.778. The molecule has 7 nitrogen and oxygen atoms in total. The van der Waals surface area contributed by atoms with Gasteiger partial charge >= 0.3 is 11.7 Å². The highest BCUT2D eigenvalue weighted by molar-refractivity contribution is 5.75. The van der Waals surface area contributed by atoms with Gasteiger partial charge in [-0.3, -0.25) is 18.7 Å². The summed E-state index contributed by atoms with van der Waals surface area (Å²) in [5, 5.41) is 0. The van der Waals surface area contributed by atoms with Gasteiger partial charge in [0, 0.05) is 18.8 Å². The maximum absolute atomic E-state index is 12.8. The van der Waals surface area contributed by atoms with Gasteiger partial charge in [0.15, 0.2) is 0 Å². The lowest BCUT2D eigenvalue weighted by Gasteiger charge is -2.16. The Labute approximate surface area is 152 Å². The molecule has 0 spiro atoms. The zero-order chi connectivity index (χ0) is 19.4. The van der Waals surface area contributed by atoms with E-state index in [0.717, 1.165) is 11.1 Å². The number of rotatable bonds is 6. The molecule has 1 heterocycles. The average molecular weight is 359 g/mol. The number of esters is 1. The monoisotopic (exact) mass is 359 g/mol. The van der Waals surface area contributed by atoms with E-state index in [1.807, 2.05) is 31.2 Å². The van der Waals surface area contributed by atoms with Crippen LogP contribution >= 0.6 is 0 Å². The van der Waals surface area contributed by atoms with E-state index in [0.29, 0.717) is 30.8 Å². The largest absolute Gasteiger partial charge is 0.468 e. The number of nitrogens with zero attached hydrogens (tertiary/aromatic N) is 2. The van der Waals surface area contributed by atoms with Crippen LogP contribution in [0.15, 0.2) is 33.9 Å².